The van der Waals surface area contributed by atoms with E-state index in [0.29, 0.717) is 6.54 Å². The van der Waals surface area contributed by atoms with Gasteiger partial charge in [0.05, 0.1) is 6.54 Å². The maximum absolute atomic E-state index is 11.6. The third-order valence-corrected chi connectivity index (χ3v) is 2.24. The Morgan fingerprint density at radius 1 is 1.31 bits per heavy atom. The van der Waals surface area contributed by atoms with E-state index in [1.807, 2.05) is 30.3 Å². The molecule has 0 radical (unpaired) electrons. The third kappa shape index (κ3) is 2.28. The summed E-state index contributed by atoms with van der Waals surface area (Å²) in [6.07, 6.45) is 2.48. The lowest BCUT2D eigenvalue weighted by Gasteiger charge is -2.06. The zero-order chi connectivity index (χ0) is 11.4. The van der Waals surface area contributed by atoms with E-state index in [2.05, 4.69) is 4.74 Å². The molecule has 1 heterocycles. The van der Waals surface area contributed by atoms with Gasteiger partial charge in [-0.3, -0.25) is 4.79 Å². The Morgan fingerprint density at radius 3 is 2.69 bits per heavy atom. The topological polar surface area (TPSA) is 46.6 Å². The van der Waals surface area contributed by atoms with Gasteiger partial charge in [0, 0.05) is 6.08 Å². The second-order valence-corrected chi connectivity index (χ2v) is 3.35. The van der Waals surface area contributed by atoms with Crippen molar-refractivity contribution >= 4 is 18.1 Å². The van der Waals surface area contributed by atoms with E-state index < -0.39 is 6.09 Å². The first-order valence-corrected chi connectivity index (χ1v) is 4.99. The van der Waals surface area contributed by atoms with Crippen molar-refractivity contribution in [3.05, 3.63) is 42.0 Å². The standard InChI is InChI=1S/C12H11NO3/c14-11(13-8-9-16-12(13)15)7-6-10-4-2-1-3-5-10/h1-7H,8-9H2. The summed E-state index contributed by atoms with van der Waals surface area (Å²) in [5, 5.41) is 0. The number of benzene rings is 1. The SMILES string of the molecule is O=C(C=Cc1ccccc1)N1CCOC1=O. The molecule has 1 aliphatic heterocycles. The zero-order valence-corrected chi connectivity index (χ0v) is 8.63. The van der Waals surface area contributed by atoms with Crippen LogP contribution in [0.4, 0.5) is 4.79 Å². The first-order valence-electron chi connectivity index (χ1n) is 4.99. The van der Waals surface area contributed by atoms with Gasteiger partial charge in [0.15, 0.2) is 0 Å². The van der Waals surface area contributed by atoms with Crippen LogP contribution in [0, 0.1) is 0 Å². The second kappa shape index (κ2) is 4.61. The summed E-state index contributed by atoms with van der Waals surface area (Å²) in [7, 11) is 0. The largest absolute Gasteiger partial charge is 0.447 e. The van der Waals surface area contributed by atoms with Crippen molar-refractivity contribution in [2.24, 2.45) is 0 Å². The normalized spacial score (nSPS) is 15.5. The van der Waals surface area contributed by atoms with Gasteiger partial charge < -0.3 is 4.74 Å². The number of carbonyl (C=O) groups is 2. The molecule has 0 saturated carbocycles. The summed E-state index contributed by atoms with van der Waals surface area (Å²) in [4.78, 5) is 23.7. The van der Waals surface area contributed by atoms with Crippen molar-refractivity contribution in [1.29, 1.82) is 0 Å². The molecular formula is C12H11NO3. The van der Waals surface area contributed by atoms with Crippen LogP contribution in [-0.2, 0) is 9.53 Å². The molecule has 0 aliphatic carbocycles. The highest BCUT2D eigenvalue weighted by Crippen LogP contribution is 2.06. The minimum atomic E-state index is -0.567. The predicted octanol–water partition coefficient (Wildman–Crippen LogP) is 1.68. The molecule has 0 bridgehead atoms. The Bertz CT molecular complexity index is 425. The van der Waals surface area contributed by atoms with E-state index in [1.165, 1.54) is 6.08 Å². The van der Waals surface area contributed by atoms with Crippen LogP contribution in [0.25, 0.3) is 6.08 Å². The van der Waals surface area contributed by atoms with Crippen LogP contribution in [0.3, 0.4) is 0 Å². The number of hydrogen-bond acceptors (Lipinski definition) is 3. The van der Waals surface area contributed by atoms with Crippen molar-refractivity contribution < 1.29 is 14.3 Å². The summed E-state index contributed by atoms with van der Waals surface area (Å²) in [5.41, 5.74) is 0.920. The monoisotopic (exact) mass is 217 g/mol. The van der Waals surface area contributed by atoms with Gasteiger partial charge in [-0.05, 0) is 11.6 Å². The highest BCUT2D eigenvalue weighted by molar-refractivity contribution is 6.01. The Hall–Kier alpha value is -2.10. The Morgan fingerprint density at radius 2 is 2.06 bits per heavy atom. The summed E-state index contributed by atoms with van der Waals surface area (Å²) in [5.74, 6) is -0.341. The highest BCUT2D eigenvalue weighted by Gasteiger charge is 2.26. The van der Waals surface area contributed by atoms with Crippen LogP contribution >= 0.6 is 0 Å². The fraction of sp³-hybridized carbons (Fsp3) is 0.167. The van der Waals surface area contributed by atoms with E-state index in [-0.39, 0.29) is 12.5 Å². The molecule has 0 aromatic heterocycles. The molecule has 0 spiro atoms. The van der Waals surface area contributed by atoms with Crippen LogP contribution in [0.5, 0.6) is 0 Å². The van der Waals surface area contributed by atoms with Gasteiger partial charge in [-0.25, -0.2) is 9.69 Å². The number of cyclic esters (lactones) is 1. The van der Waals surface area contributed by atoms with E-state index in [0.717, 1.165) is 10.5 Å². The van der Waals surface area contributed by atoms with E-state index >= 15 is 0 Å². The molecule has 1 aromatic rings. The molecule has 1 aliphatic rings. The van der Waals surface area contributed by atoms with E-state index in [1.54, 1.807) is 6.08 Å². The number of nitrogens with zero attached hydrogens (tertiary/aromatic N) is 1. The fourth-order valence-corrected chi connectivity index (χ4v) is 1.42. The fourth-order valence-electron chi connectivity index (χ4n) is 1.42. The molecule has 1 aromatic carbocycles. The Kier molecular flexibility index (Phi) is 3.00. The number of hydrogen-bond donors (Lipinski definition) is 0. The Balaban J connectivity index is 2.02. The Labute approximate surface area is 93.1 Å². The molecule has 4 nitrogen and oxygen atoms in total. The van der Waals surface area contributed by atoms with Gasteiger partial charge in [0.25, 0.3) is 5.91 Å². The minimum Gasteiger partial charge on any atom is -0.447 e. The minimum absolute atomic E-state index is 0.281. The zero-order valence-electron chi connectivity index (χ0n) is 8.63. The first-order chi connectivity index (χ1) is 7.77. The van der Waals surface area contributed by atoms with Crippen molar-refractivity contribution in [2.75, 3.05) is 13.2 Å². The molecule has 0 unspecified atom stereocenters. The van der Waals surface area contributed by atoms with Crippen molar-refractivity contribution in [1.82, 2.24) is 4.90 Å². The summed E-state index contributed by atoms with van der Waals surface area (Å²) >= 11 is 0. The van der Waals surface area contributed by atoms with Gasteiger partial charge >= 0.3 is 6.09 Å². The molecule has 4 heteroatoms. The average Bonchev–Trinajstić information content (AvgIpc) is 2.74. The van der Waals surface area contributed by atoms with Crippen molar-refractivity contribution in [3.8, 4) is 0 Å². The molecule has 0 N–H and O–H groups in total. The third-order valence-electron chi connectivity index (χ3n) is 2.24. The quantitative estimate of drug-likeness (QED) is 0.708. The lowest BCUT2D eigenvalue weighted by molar-refractivity contribution is -0.122. The number of imide groups is 1. The molecule has 1 saturated heterocycles. The number of amides is 2. The highest BCUT2D eigenvalue weighted by atomic mass is 16.6. The first kappa shape index (κ1) is 10.4. The molecular weight excluding hydrogens is 206 g/mol. The smallest absolute Gasteiger partial charge is 0.416 e. The molecule has 82 valence electrons. The number of ether oxygens (including phenoxy) is 1. The van der Waals surface area contributed by atoms with Gasteiger partial charge in [0.2, 0.25) is 0 Å². The molecule has 2 amide bonds. The van der Waals surface area contributed by atoms with Gasteiger partial charge in [-0.2, -0.15) is 0 Å². The second-order valence-electron chi connectivity index (χ2n) is 3.35. The van der Waals surface area contributed by atoms with Crippen molar-refractivity contribution in [2.45, 2.75) is 0 Å². The van der Waals surface area contributed by atoms with Crippen LogP contribution in [-0.4, -0.2) is 30.1 Å². The van der Waals surface area contributed by atoms with E-state index in [4.69, 9.17) is 0 Å². The van der Waals surface area contributed by atoms with Gasteiger partial charge in [0.1, 0.15) is 6.61 Å². The van der Waals surface area contributed by atoms with Crippen LogP contribution in [0.2, 0.25) is 0 Å². The number of carbonyl (C=O) groups excluding carboxylic acids is 2. The molecule has 0 atom stereocenters. The van der Waals surface area contributed by atoms with Crippen LogP contribution in [0.1, 0.15) is 5.56 Å². The lowest BCUT2D eigenvalue weighted by atomic mass is 10.2. The van der Waals surface area contributed by atoms with E-state index in [9.17, 15) is 9.59 Å². The van der Waals surface area contributed by atoms with Crippen LogP contribution in [0.15, 0.2) is 36.4 Å². The van der Waals surface area contributed by atoms with Crippen molar-refractivity contribution in [3.63, 3.8) is 0 Å². The number of rotatable bonds is 2. The predicted molar refractivity (Wildman–Crippen MR) is 58.5 cm³/mol. The molecule has 1 fully saturated rings. The summed E-state index contributed by atoms with van der Waals surface area (Å²) in [6, 6.07) is 9.43. The maximum Gasteiger partial charge on any atom is 0.416 e. The summed E-state index contributed by atoms with van der Waals surface area (Å²) < 4.78 is 4.67. The molecule has 16 heavy (non-hydrogen) atoms. The van der Waals surface area contributed by atoms with Crippen LogP contribution < -0.4 is 0 Å². The molecule has 2 rings (SSSR count). The van der Waals surface area contributed by atoms with Gasteiger partial charge in [-0.1, -0.05) is 30.3 Å². The van der Waals surface area contributed by atoms with Gasteiger partial charge in [-0.15, -0.1) is 0 Å². The lowest BCUT2D eigenvalue weighted by Crippen LogP contribution is -2.29. The maximum atomic E-state index is 11.6. The average molecular weight is 217 g/mol. The summed E-state index contributed by atoms with van der Waals surface area (Å²) in [6.45, 7) is 0.612.